The molecule has 1 saturated heterocycles. The van der Waals surface area contributed by atoms with Gasteiger partial charge in [-0.15, -0.1) is 11.3 Å². The van der Waals surface area contributed by atoms with E-state index < -0.39 is 5.72 Å². The average Bonchev–Trinajstić information content (AvgIpc) is 2.80. The maximum Gasteiger partial charge on any atom is 0.304 e. The summed E-state index contributed by atoms with van der Waals surface area (Å²) in [6, 6.07) is 9.80. The van der Waals surface area contributed by atoms with Crippen molar-refractivity contribution in [3.05, 3.63) is 35.2 Å². The number of hydrogen-bond donors (Lipinski definition) is 0. The highest BCUT2D eigenvalue weighted by atomic mass is 32.1. The lowest BCUT2D eigenvalue weighted by molar-refractivity contribution is -0.195. The van der Waals surface area contributed by atoms with E-state index in [9.17, 15) is 9.59 Å². The lowest BCUT2D eigenvalue weighted by Gasteiger charge is -2.48. The Morgan fingerprint density at radius 2 is 2.10 bits per heavy atom. The van der Waals surface area contributed by atoms with E-state index in [1.54, 1.807) is 11.8 Å². The zero-order valence-electron chi connectivity index (χ0n) is 11.4. The number of fused-ring (bicyclic) bond motifs is 1. The first kappa shape index (κ1) is 13.1. The molecule has 0 saturated carbocycles. The SMILES string of the molecule is CC(=O)O[C@]1(C)CCN1C(=O)c1cc2ccccc2s1. The van der Waals surface area contributed by atoms with E-state index in [0.717, 1.165) is 10.1 Å². The van der Waals surface area contributed by atoms with Crippen molar-refractivity contribution in [2.24, 2.45) is 0 Å². The lowest BCUT2D eigenvalue weighted by Crippen LogP contribution is -2.62. The van der Waals surface area contributed by atoms with Crippen LogP contribution in [0, 0.1) is 0 Å². The third-order valence-corrected chi connectivity index (χ3v) is 4.72. The number of benzene rings is 1. The molecule has 0 bridgehead atoms. The Morgan fingerprint density at radius 3 is 2.70 bits per heavy atom. The van der Waals surface area contributed by atoms with Gasteiger partial charge >= 0.3 is 5.97 Å². The second-order valence-corrected chi connectivity index (χ2v) is 6.21. The number of carbonyl (C=O) groups excluding carboxylic acids is 2. The summed E-state index contributed by atoms with van der Waals surface area (Å²) in [5.74, 6) is -0.428. The van der Waals surface area contributed by atoms with Crippen molar-refractivity contribution in [1.29, 1.82) is 0 Å². The van der Waals surface area contributed by atoms with Gasteiger partial charge in [0.15, 0.2) is 5.72 Å². The van der Waals surface area contributed by atoms with Crippen LogP contribution in [-0.4, -0.2) is 29.0 Å². The summed E-state index contributed by atoms with van der Waals surface area (Å²) in [4.78, 5) is 26.0. The number of likely N-dealkylation sites (tertiary alicyclic amines) is 1. The minimum Gasteiger partial charge on any atom is -0.439 e. The van der Waals surface area contributed by atoms with Gasteiger partial charge in [0.05, 0.1) is 4.88 Å². The largest absolute Gasteiger partial charge is 0.439 e. The van der Waals surface area contributed by atoms with Crippen molar-refractivity contribution in [2.75, 3.05) is 6.54 Å². The fourth-order valence-corrected chi connectivity index (χ4v) is 3.50. The van der Waals surface area contributed by atoms with Crippen LogP contribution in [0.1, 0.15) is 29.9 Å². The van der Waals surface area contributed by atoms with Crippen molar-refractivity contribution in [1.82, 2.24) is 4.90 Å². The number of rotatable bonds is 2. The average molecular weight is 289 g/mol. The molecule has 0 unspecified atom stereocenters. The minimum absolute atomic E-state index is 0.0683. The molecule has 5 heteroatoms. The van der Waals surface area contributed by atoms with Gasteiger partial charge in [-0.1, -0.05) is 18.2 Å². The van der Waals surface area contributed by atoms with Crippen molar-refractivity contribution in [2.45, 2.75) is 26.0 Å². The molecule has 0 spiro atoms. The van der Waals surface area contributed by atoms with E-state index in [2.05, 4.69) is 0 Å². The molecular weight excluding hydrogens is 274 g/mol. The first-order chi connectivity index (χ1) is 9.49. The van der Waals surface area contributed by atoms with Crippen LogP contribution in [0.5, 0.6) is 0 Å². The number of amides is 1. The minimum atomic E-state index is -0.793. The van der Waals surface area contributed by atoms with Crippen LogP contribution in [0.15, 0.2) is 30.3 Å². The Morgan fingerprint density at radius 1 is 1.35 bits per heavy atom. The normalized spacial score (nSPS) is 21.6. The summed E-state index contributed by atoms with van der Waals surface area (Å²) in [6.07, 6.45) is 0.684. The Balaban J connectivity index is 1.87. The summed E-state index contributed by atoms with van der Waals surface area (Å²) in [7, 11) is 0. The summed E-state index contributed by atoms with van der Waals surface area (Å²) in [6.45, 7) is 3.77. The highest BCUT2D eigenvalue weighted by Gasteiger charge is 2.47. The number of carbonyl (C=O) groups is 2. The Hall–Kier alpha value is -1.88. The third-order valence-electron chi connectivity index (χ3n) is 3.62. The first-order valence-corrected chi connectivity index (χ1v) is 7.31. The summed E-state index contributed by atoms with van der Waals surface area (Å²) in [5, 5.41) is 1.07. The molecule has 1 fully saturated rings. The van der Waals surface area contributed by atoms with Gasteiger partial charge < -0.3 is 4.74 Å². The second-order valence-electron chi connectivity index (χ2n) is 5.12. The van der Waals surface area contributed by atoms with Crippen LogP contribution in [0.2, 0.25) is 0 Å². The summed E-state index contributed by atoms with van der Waals surface area (Å²) >= 11 is 1.47. The van der Waals surface area contributed by atoms with Crippen molar-refractivity contribution in [3.8, 4) is 0 Å². The number of hydrogen-bond acceptors (Lipinski definition) is 4. The van der Waals surface area contributed by atoms with E-state index in [1.165, 1.54) is 18.3 Å². The molecule has 20 heavy (non-hydrogen) atoms. The molecule has 1 amide bonds. The van der Waals surface area contributed by atoms with Crippen LogP contribution in [-0.2, 0) is 9.53 Å². The van der Waals surface area contributed by atoms with Crippen molar-refractivity contribution in [3.63, 3.8) is 0 Å². The number of nitrogens with zero attached hydrogens (tertiary/aromatic N) is 1. The molecule has 1 atom stereocenters. The van der Waals surface area contributed by atoms with Crippen LogP contribution < -0.4 is 0 Å². The fourth-order valence-electron chi connectivity index (χ4n) is 2.49. The maximum atomic E-state index is 12.5. The van der Waals surface area contributed by atoms with Gasteiger partial charge in [0, 0.05) is 24.6 Å². The van der Waals surface area contributed by atoms with Crippen molar-refractivity contribution >= 4 is 33.3 Å². The first-order valence-electron chi connectivity index (χ1n) is 6.50. The lowest BCUT2D eigenvalue weighted by atomic mass is 9.99. The van der Waals surface area contributed by atoms with Gasteiger partial charge in [-0.2, -0.15) is 0 Å². The third kappa shape index (κ3) is 2.08. The molecule has 0 N–H and O–H groups in total. The van der Waals surface area contributed by atoms with E-state index in [-0.39, 0.29) is 11.9 Å². The van der Waals surface area contributed by atoms with E-state index in [1.807, 2.05) is 30.3 Å². The standard InChI is InChI=1S/C15H15NO3S/c1-10(17)19-15(2)7-8-16(15)14(18)13-9-11-5-3-4-6-12(11)20-13/h3-6,9H,7-8H2,1-2H3/t15-/m1/s1. The number of esters is 1. The van der Waals surface area contributed by atoms with Crippen molar-refractivity contribution < 1.29 is 14.3 Å². The van der Waals surface area contributed by atoms with Crippen LogP contribution in [0.3, 0.4) is 0 Å². The van der Waals surface area contributed by atoms with Gasteiger partial charge in [0.1, 0.15) is 0 Å². The zero-order valence-corrected chi connectivity index (χ0v) is 12.2. The van der Waals surface area contributed by atoms with Crippen LogP contribution in [0.4, 0.5) is 0 Å². The molecule has 1 aromatic carbocycles. The monoisotopic (exact) mass is 289 g/mol. The predicted molar refractivity (Wildman–Crippen MR) is 77.6 cm³/mol. The van der Waals surface area contributed by atoms with Gasteiger partial charge in [-0.05, 0) is 24.4 Å². The van der Waals surface area contributed by atoms with E-state index in [4.69, 9.17) is 4.74 Å². The molecule has 4 nitrogen and oxygen atoms in total. The van der Waals surface area contributed by atoms with Gasteiger partial charge in [-0.3, -0.25) is 14.5 Å². The Kier molecular flexibility index (Phi) is 3.01. The van der Waals surface area contributed by atoms with E-state index in [0.29, 0.717) is 17.8 Å². The molecule has 1 aromatic heterocycles. The fraction of sp³-hybridized carbons (Fsp3) is 0.333. The summed E-state index contributed by atoms with van der Waals surface area (Å²) in [5.41, 5.74) is -0.793. The highest BCUT2D eigenvalue weighted by molar-refractivity contribution is 7.20. The second kappa shape index (κ2) is 4.59. The maximum absolute atomic E-state index is 12.5. The molecule has 3 rings (SSSR count). The molecule has 2 heterocycles. The predicted octanol–water partition coefficient (Wildman–Crippen LogP) is 3.03. The molecular formula is C15H15NO3S. The van der Waals surface area contributed by atoms with Crippen LogP contribution in [0.25, 0.3) is 10.1 Å². The summed E-state index contributed by atoms with van der Waals surface area (Å²) < 4.78 is 6.36. The molecule has 2 aromatic rings. The molecule has 0 aliphatic carbocycles. The Labute approximate surface area is 120 Å². The van der Waals surface area contributed by atoms with E-state index >= 15 is 0 Å². The van der Waals surface area contributed by atoms with Gasteiger partial charge in [-0.25, -0.2) is 0 Å². The topological polar surface area (TPSA) is 46.6 Å². The van der Waals surface area contributed by atoms with Gasteiger partial charge in [0.2, 0.25) is 0 Å². The highest BCUT2D eigenvalue weighted by Crippen LogP contribution is 2.35. The smallest absolute Gasteiger partial charge is 0.304 e. The van der Waals surface area contributed by atoms with Gasteiger partial charge in [0.25, 0.3) is 5.91 Å². The quantitative estimate of drug-likeness (QED) is 0.798. The van der Waals surface area contributed by atoms with Crippen LogP contribution >= 0.6 is 11.3 Å². The molecule has 1 aliphatic heterocycles. The number of thiophene rings is 1. The zero-order chi connectivity index (χ0) is 14.3. The number of ether oxygens (including phenoxy) is 1. The molecule has 0 radical (unpaired) electrons. The Bertz CT molecular complexity index is 660. The molecule has 104 valence electrons. The molecule has 1 aliphatic rings.